The number of alkyl halides is 1. The van der Waals surface area contributed by atoms with E-state index in [2.05, 4.69) is 34.6 Å². The normalized spacial score (nSPS) is 12.1. The maximum Gasteiger partial charge on any atom is 0.500 e. The molecule has 0 heterocycles. The Bertz CT molecular complexity index is 559. The molecule has 0 bridgehead atoms. The van der Waals surface area contributed by atoms with Crippen molar-refractivity contribution in [2.75, 3.05) is 19.8 Å². The average molecular weight is 721 g/mol. The van der Waals surface area contributed by atoms with Gasteiger partial charge >= 0.3 is 8.80 Å². The lowest BCUT2D eigenvalue weighted by Crippen LogP contribution is -2.47. The molecular formula is C42H90ClNO3Si. The highest BCUT2D eigenvalue weighted by molar-refractivity contribution is 6.60. The third-order valence-electron chi connectivity index (χ3n) is 10.0. The van der Waals surface area contributed by atoms with Crippen LogP contribution >= 0.6 is 11.6 Å². The first-order valence-corrected chi connectivity index (χ1v) is 23.9. The molecule has 0 radical (unpaired) electrons. The third-order valence-corrected chi connectivity index (χ3v) is 13.5. The number of halogens is 1. The summed E-state index contributed by atoms with van der Waals surface area (Å²) in [5.74, 6) is 0. The Kier molecular flexibility index (Phi) is 40.5. The van der Waals surface area contributed by atoms with Gasteiger partial charge in [0.1, 0.15) is 0 Å². The van der Waals surface area contributed by atoms with Crippen LogP contribution < -0.4 is 6.15 Å². The fourth-order valence-electron chi connectivity index (χ4n) is 6.67. The smallest absolute Gasteiger partial charge is 0.373 e. The fourth-order valence-corrected chi connectivity index (χ4v) is 9.73. The Hall–Kier alpha value is 0.347. The van der Waals surface area contributed by atoms with Crippen molar-refractivity contribution >= 4 is 20.4 Å². The molecule has 0 aromatic heterocycles. The Labute approximate surface area is 309 Å². The minimum Gasteiger partial charge on any atom is -0.373 e. The molecule has 0 aliphatic heterocycles. The largest absolute Gasteiger partial charge is 0.500 e. The van der Waals surface area contributed by atoms with Gasteiger partial charge in [-0.25, -0.2) is 0 Å². The van der Waals surface area contributed by atoms with Crippen molar-refractivity contribution < 1.29 is 13.3 Å². The summed E-state index contributed by atoms with van der Waals surface area (Å²) >= 11 is 7.59. The van der Waals surface area contributed by atoms with Gasteiger partial charge in [0.2, 0.25) is 0 Å². The highest BCUT2D eigenvalue weighted by atomic mass is 35.5. The summed E-state index contributed by atoms with van der Waals surface area (Å²) in [5, 5.41) is 0. The predicted octanol–water partition coefficient (Wildman–Crippen LogP) is 15.7. The Morgan fingerprint density at radius 2 is 0.604 bits per heavy atom. The maximum absolute atomic E-state index is 7.59. The average Bonchev–Trinajstić information content (AvgIpc) is 3.06. The zero-order chi connectivity index (χ0) is 34.6. The monoisotopic (exact) mass is 720 g/mol. The van der Waals surface area contributed by atoms with Gasteiger partial charge in [-0.2, -0.15) is 0 Å². The van der Waals surface area contributed by atoms with E-state index < -0.39 is 8.80 Å². The van der Waals surface area contributed by atoms with Gasteiger partial charge in [0, 0.05) is 30.7 Å². The summed E-state index contributed by atoms with van der Waals surface area (Å²) < 4.78 is 19.7. The molecule has 0 saturated carbocycles. The van der Waals surface area contributed by atoms with Crippen LogP contribution in [0.2, 0.25) is 6.04 Å². The molecule has 0 spiro atoms. The van der Waals surface area contributed by atoms with E-state index in [4.69, 9.17) is 24.9 Å². The quantitative estimate of drug-likeness (QED) is 0.0389. The van der Waals surface area contributed by atoms with E-state index in [1.165, 1.54) is 141 Å². The van der Waals surface area contributed by atoms with Gasteiger partial charge in [-0.1, -0.05) is 195 Å². The number of hydrogen-bond acceptors (Lipinski definition) is 4. The molecule has 0 saturated heterocycles. The van der Waals surface area contributed by atoms with Crippen molar-refractivity contribution in [3.63, 3.8) is 0 Å². The molecule has 4 nitrogen and oxygen atoms in total. The predicted molar refractivity (Wildman–Crippen MR) is 218 cm³/mol. The van der Waals surface area contributed by atoms with Crippen molar-refractivity contribution in [2.24, 2.45) is 0 Å². The van der Waals surface area contributed by atoms with E-state index in [1.54, 1.807) is 0 Å². The molecular weight excluding hydrogens is 630 g/mol. The Morgan fingerprint density at radius 1 is 0.354 bits per heavy atom. The number of hydrogen-bond donors (Lipinski definition) is 1. The van der Waals surface area contributed by atoms with Crippen LogP contribution in [0.5, 0.6) is 0 Å². The van der Waals surface area contributed by atoms with Crippen LogP contribution in [0, 0.1) is 0 Å². The number of unbranched alkanes of at least 4 members (excludes halogenated alkanes) is 23. The molecule has 0 atom stereocenters. The zero-order valence-corrected chi connectivity index (χ0v) is 35.5. The van der Waals surface area contributed by atoms with Crippen LogP contribution in [-0.2, 0) is 13.3 Å². The van der Waals surface area contributed by atoms with Crippen molar-refractivity contribution in [1.29, 1.82) is 0 Å². The molecule has 0 aliphatic carbocycles. The Balaban J connectivity index is 0. The molecule has 48 heavy (non-hydrogen) atoms. The second-order valence-electron chi connectivity index (χ2n) is 14.9. The molecule has 0 unspecified atom stereocenters. The number of rotatable bonds is 40. The molecule has 0 aromatic carbocycles. The molecule has 292 valence electrons. The van der Waals surface area contributed by atoms with Crippen LogP contribution in [-0.4, -0.2) is 33.5 Å². The molecule has 6 heteroatoms. The second-order valence-corrected chi connectivity index (χ2v) is 18.4. The molecule has 0 rings (SSSR count). The van der Waals surface area contributed by atoms with E-state index in [-0.39, 0.29) is 11.0 Å². The van der Waals surface area contributed by atoms with E-state index in [0.717, 1.165) is 90.1 Å². The minimum atomic E-state index is -2.70. The molecule has 0 fully saturated rings. The molecule has 0 aromatic rings. The van der Waals surface area contributed by atoms with E-state index in [9.17, 15) is 0 Å². The zero-order valence-electron chi connectivity index (χ0n) is 33.8. The minimum absolute atomic E-state index is 0. The first-order chi connectivity index (χ1) is 23.0. The van der Waals surface area contributed by atoms with Gasteiger partial charge in [-0.3, -0.25) is 0 Å². The van der Waals surface area contributed by atoms with Crippen molar-refractivity contribution in [1.82, 2.24) is 6.15 Å². The van der Waals surface area contributed by atoms with Crippen LogP contribution in [0.3, 0.4) is 0 Å². The second kappa shape index (κ2) is 38.6. The highest BCUT2D eigenvalue weighted by Crippen LogP contribution is 2.36. The fraction of sp³-hybridized carbons (Fsp3) is 1.00. The van der Waals surface area contributed by atoms with Crippen LogP contribution in [0.15, 0.2) is 0 Å². The van der Waals surface area contributed by atoms with Gasteiger partial charge < -0.3 is 19.4 Å². The van der Waals surface area contributed by atoms with Crippen molar-refractivity contribution in [3.05, 3.63) is 0 Å². The first kappa shape index (κ1) is 50.5. The van der Waals surface area contributed by atoms with E-state index >= 15 is 0 Å². The van der Waals surface area contributed by atoms with Crippen LogP contribution in [0.1, 0.15) is 240 Å². The van der Waals surface area contributed by atoms with Crippen molar-refractivity contribution in [2.45, 2.75) is 251 Å². The first-order valence-electron chi connectivity index (χ1n) is 21.6. The lowest BCUT2D eigenvalue weighted by Gasteiger charge is -2.32. The molecule has 0 aliphatic rings. The Morgan fingerprint density at radius 3 is 0.896 bits per heavy atom. The topological polar surface area (TPSA) is 62.7 Å². The van der Waals surface area contributed by atoms with E-state index in [1.807, 2.05) is 0 Å². The summed E-state index contributed by atoms with van der Waals surface area (Å²) in [4.78, 5) is -0.0883. The maximum atomic E-state index is 7.59. The SMILES string of the molecule is CCCCCCCCCCCCCC(Cl)(CCCCCCCCCCCCC)CCC[Si](OCCCC)(OCCCC)OCCCC.N. The lowest BCUT2D eigenvalue weighted by molar-refractivity contribution is 0.0554. The molecule has 0 amide bonds. The van der Waals surface area contributed by atoms with Crippen LogP contribution in [0.4, 0.5) is 0 Å². The third kappa shape index (κ3) is 32.3. The summed E-state index contributed by atoms with van der Waals surface area (Å²) in [6.07, 6.45) is 41.6. The van der Waals surface area contributed by atoms with Gasteiger partial charge in [-0.05, 0) is 44.9 Å². The van der Waals surface area contributed by atoms with Gasteiger partial charge in [0.25, 0.3) is 0 Å². The summed E-state index contributed by atoms with van der Waals surface area (Å²) in [6, 6.07) is 0.912. The lowest BCUT2D eigenvalue weighted by atomic mass is 9.89. The van der Waals surface area contributed by atoms with Crippen LogP contribution in [0.25, 0.3) is 0 Å². The van der Waals surface area contributed by atoms with Gasteiger partial charge in [0.15, 0.2) is 0 Å². The molecule has 3 N–H and O–H groups in total. The standard InChI is InChI=1S/C42H87ClO3Si.H3N/c1-6-11-16-18-20-22-24-26-28-30-32-35-42(43,36-33-31-29-27-25-23-21-19-17-12-7-2)37-34-41-47(44-38-13-8-3,45-39-14-9-4)46-40-15-10-5;/h6-41H2,1-5H3;1H3. The van der Waals surface area contributed by atoms with Gasteiger partial charge in [-0.15, -0.1) is 11.6 Å². The highest BCUT2D eigenvalue weighted by Gasteiger charge is 2.41. The van der Waals surface area contributed by atoms with Crippen molar-refractivity contribution in [3.8, 4) is 0 Å². The summed E-state index contributed by atoms with van der Waals surface area (Å²) in [7, 11) is -2.70. The van der Waals surface area contributed by atoms with E-state index in [0.29, 0.717) is 0 Å². The van der Waals surface area contributed by atoms with Gasteiger partial charge in [0.05, 0.1) is 0 Å². The summed E-state index contributed by atoms with van der Waals surface area (Å²) in [6.45, 7) is 13.6. The summed E-state index contributed by atoms with van der Waals surface area (Å²) in [5.41, 5.74) is 0.